The van der Waals surface area contributed by atoms with Crippen molar-refractivity contribution in [3.63, 3.8) is 0 Å². The molecule has 0 unspecified atom stereocenters. The lowest BCUT2D eigenvalue weighted by Crippen LogP contribution is -2.10. The summed E-state index contributed by atoms with van der Waals surface area (Å²) in [5, 5.41) is 27.6. The van der Waals surface area contributed by atoms with Crippen molar-refractivity contribution in [3.8, 4) is 0 Å². The summed E-state index contributed by atoms with van der Waals surface area (Å²) in [6.45, 7) is 0.229. The van der Waals surface area contributed by atoms with E-state index in [1.807, 2.05) is 0 Å². The van der Waals surface area contributed by atoms with Gasteiger partial charge in [0, 0.05) is 6.42 Å². The molecule has 13 heavy (non-hydrogen) atoms. The zero-order valence-electron chi connectivity index (χ0n) is 6.92. The molecule has 7 nitrogen and oxygen atoms in total. The van der Waals surface area contributed by atoms with Crippen molar-refractivity contribution in [3.05, 3.63) is 5.82 Å². The number of aliphatic hydroxyl groups excluding tert-OH is 1. The van der Waals surface area contributed by atoms with E-state index in [1.165, 1.54) is 4.68 Å². The van der Waals surface area contributed by atoms with E-state index in [0.29, 0.717) is 12.4 Å². The molecule has 1 heterocycles. The number of carboxylic acids is 1. The molecule has 0 aliphatic heterocycles. The highest BCUT2D eigenvalue weighted by Crippen LogP contribution is 1.96. The van der Waals surface area contributed by atoms with Crippen LogP contribution < -0.4 is 0 Å². The molecule has 0 aliphatic rings. The minimum Gasteiger partial charge on any atom is -0.481 e. The molecule has 0 spiro atoms. The fourth-order valence-electron chi connectivity index (χ4n) is 0.889. The van der Waals surface area contributed by atoms with Gasteiger partial charge >= 0.3 is 5.97 Å². The SMILES string of the molecule is O=C(O)CCc1nnnn1CCO. The van der Waals surface area contributed by atoms with Gasteiger partial charge in [0.1, 0.15) is 0 Å². The number of carbonyl (C=O) groups is 1. The number of nitrogens with zero attached hydrogens (tertiary/aromatic N) is 4. The molecule has 0 fully saturated rings. The minimum absolute atomic E-state index is 0.00813. The van der Waals surface area contributed by atoms with Gasteiger partial charge in [-0.3, -0.25) is 4.79 Å². The van der Waals surface area contributed by atoms with Crippen molar-refractivity contribution in [2.24, 2.45) is 0 Å². The maximum atomic E-state index is 10.2. The van der Waals surface area contributed by atoms with Gasteiger partial charge in [-0.25, -0.2) is 4.68 Å². The molecule has 0 aliphatic carbocycles. The number of rotatable bonds is 5. The van der Waals surface area contributed by atoms with Crippen molar-refractivity contribution in [2.45, 2.75) is 19.4 Å². The molecule has 0 amide bonds. The first-order chi connectivity index (χ1) is 6.24. The summed E-state index contributed by atoms with van der Waals surface area (Å²) in [5.41, 5.74) is 0. The zero-order valence-corrected chi connectivity index (χ0v) is 6.92. The average molecular weight is 186 g/mol. The number of aliphatic carboxylic acids is 1. The highest BCUT2D eigenvalue weighted by atomic mass is 16.4. The van der Waals surface area contributed by atoms with E-state index in [4.69, 9.17) is 10.2 Å². The van der Waals surface area contributed by atoms with Crippen molar-refractivity contribution >= 4 is 5.97 Å². The fraction of sp³-hybridized carbons (Fsp3) is 0.667. The second-order valence-corrected chi connectivity index (χ2v) is 2.44. The van der Waals surface area contributed by atoms with Gasteiger partial charge in [-0.05, 0) is 10.4 Å². The van der Waals surface area contributed by atoms with Crippen LogP contribution in [-0.2, 0) is 17.8 Å². The van der Waals surface area contributed by atoms with Crippen molar-refractivity contribution in [1.82, 2.24) is 20.2 Å². The molecular formula is C6H10N4O3. The van der Waals surface area contributed by atoms with Gasteiger partial charge in [0.2, 0.25) is 0 Å². The summed E-state index contributed by atoms with van der Waals surface area (Å²) in [5.74, 6) is -0.407. The van der Waals surface area contributed by atoms with Crippen LogP contribution in [-0.4, -0.2) is 43.0 Å². The average Bonchev–Trinajstić information content (AvgIpc) is 2.49. The van der Waals surface area contributed by atoms with E-state index in [2.05, 4.69) is 15.5 Å². The summed E-state index contributed by atoms with van der Waals surface area (Å²) in [4.78, 5) is 10.2. The van der Waals surface area contributed by atoms with E-state index in [9.17, 15) is 4.79 Å². The number of hydrogen-bond acceptors (Lipinski definition) is 5. The van der Waals surface area contributed by atoms with Crippen LogP contribution in [0.2, 0.25) is 0 Å². The van der Waals surface area contributed by atoms with Gasteiger partial charge in [-0.2, -0.15) is 0 Å². The number of aliphatic hydroxyl groups is 1. The van der Waals surface area contributed by atoms with Gasteiger partial charge in [-0.15, -0.1) is 5.10 Å². The molecular weight excluding hydrogens is 176 g/mol. The number of aryl methyl sites for hydroxylation is 1. The first-order valence-corrected chi connectivity index (χ1v) is 3.81. The standard InChI is InChI=1S/C6H10N4O3/c11-4-3-10-5(7-8-9-10)1-2-6(12)13/h11H,1-4H2,(H,12,13). The minimum atomic E-state index is -0.890. The monoisotopic (exact) mass is 186 g/mol. The van der Waals surface area contributed by atoms with Crippen LogP contribution in [0.5, 0.6) is 0 Å². The Hall–Kier alpha value is -1.50. The molecule has 0 radical (unpaired) electrons. The van der Waals surface area contributed by atoms with Crippen LogP contribution in [0.1, 0.15) is 12.2 Å². The Morgan fingerprint density at radius 3 is 2.92 bits per heavy atom. The molecule has 0 saturated heterocycles. The van der Waals surface area contributed by atoms with E-state index < -0.39 is 5.97 Å². The summed E-state index contributed by atoms with van der Waals surface area (Å²) >= 11 is 0. The molecule has 0 aromatic carbocycles. The molecule has 0 bridgehead atoms. The lowest BCUT2D eigenvalue weighted by molar-refractivity contribution is -0.137. The Morgan fingerprint density at radius 1 is 1.54 bits per heavy atom. The Labute approximate surface area is 74.0 Å². The first-order valence-electron chi connectivity index (χ1n) is 3.81. The van der Waals surface area contributed by atoms with E-state index in [0.717, 1.165) is 0 Å². The topological polar surface area (TPSA) is 101 Å². The van der Waals surface area contributed by atoms with Crippen LogP contribution in [0.25, 0.3) is 0 Å². The van der Waals surface area contributed by atoms with Crippen molar-refractivity contribution in [1.29, 1.82) is 0 Å². The molecule has 1 aromatic rings. The lowest BCUT2D eigenvalue weighted by atomic mass is 10.3. The maximum Gasteiger partial charge on any atom is 0.303 e. The third-order valence-corrected chi connectivity index (χ3v) is 1.48. The Morgan fingerprint density at radius 2 is 2.31 bits per heavy atom. The van der Waals surface area contributed by atoms with Crippen molar-refractivity contribution in [2.75, 3.05) is 6.61 Å². The van der Waals surface area contributed by atoms with Crippen LogP contribution in [0.15, 0.2) is 0 Å². The summed E-state index contributed by atoms with van der Waals surface area (Å²) < 4.78 is 1.39. The van der Waals surface area contributed by atoms with Gasteiger partial charge < -0.3 is 10.2 Å². The molecule has 72 valence electrons. The first kappa shape index (κ1) is 9.59. The number of aromatic nitrogens is 4. The number of carboxylic acid groups (broad SMARTS) is 1. The summed E-state index contributed by atoms with van der Waals surface area (Å²) in [6, 6.07) is 0. The highest BCUT2D eigenvalue weighted by Gasteiger charge is 2.07. The highest BCUT2D eigenvalue weighted by molar-refractivity contribution is 5.66. The van der Waals surface area contributed by atoms with Crippen LogP contribution in [0.4, 0.5) is 0 Å². The fourth-order valence-corrected chi connectivity index (χ4v) is 0.889. The summed E-state index contributed by atoms with van der Waals surface area (Å²) in [6.07, 6.45) is 0.272. The molecule has 2 N–H and O–H groups in total. The van der Waals surface area contributed by atoms with Crippen LogP contribution in [0, 0.1) is 0 Å². The number of tetrazole rings is 1. The second kappa shape index (κ2) is 4.51. The largest absolute Gasteiger partial charge is 0.481 e. The molecule has 0 saturated carbocycles. The Bertz CT molecular complexity index is 285. The number of hydrogen-bond donors (Lipinski definition) is 2. The predicted molar refractivity (Wildman–Crippen MR) is 40.9 cm³/mol. The maximum absolute atomic E-state index is 10.2. The third-order valence-electron chi connectivity index (χ3n) is 1.48. The quantitative estimate of drug-likeness (QED) is 0.591. The summed E-state index contributed by atoms with van der Waals surface area (Å²) in [7, 11) is 0. The van der Waals surface area contributed by atoms with E-state index in [-0.39, 0.29) is 19.4 Å². The lowest BCUT2D eigenvalue weighted by Gasteiger charge is -1.99. The van der Waals surface area contributed by atoms with Crippen LogP contribution >= 0.6 is 0 Å². The van der Waals surface area contributed by atoms with Gasteiger partial charge in [-0.1, -0.05) is 0 Å². The molecule has 1 rings (SSSR count). The van der Waals surface area contributed by atoms with Gasteiger partial charge in [0.15, 0.2) is 5.82 Å². The normalized spacial score (nSPS) is 10.2. The van der Waals surface area contributed by atoms with Gasteiger partial charge in [0.25, 0.3) is 0 Å². The Balaban J connectivity index is 2.54. The van der Waals surface area contributed by atoms with Crippen LogP contribution in [0.3, 0.4) is 0 Å². The second-order valence-electron chi connectivity index (χ2n) is 2.44. The predicted octanol–water partition coefficient (Wildman–Crippen LogP) is -1.32. The molecule has 0 atom stereocenters. The molecule has 1 aromatic heterocycles. The van der Waals surface area contributed by atoms with Crippen molar-refractivity contribution < 1.29 is 15.0 Å². The van der Waals surface area contributed by atoms with E-state index >= 15 is 0 Å². The van der Waals surface area contributed by atoms with E-state index in [1.54, 1.807) is 0 Å². The zero-order chi connectivity index (χ0) is 9.68. The van der Waals surface area contributed by atoms with Gasteiger partial charge in [0.05, 0.1) is 19.6 Å². The smallest absolute Gasteiger partial charge is 0.303 e. The third kappa shape index (κ3) is 2.79. The molecule has 7 heteroatoms. The Kier molecular flexibility index (Phi) is 3.32.